The predicted octanol–water partition coefficient (Wildman–Crippen LogP) is 1.03. The van der Waals surface area contributed by atoms with Gasteiger partial charge in [0.25, 0.3) is 0 Å². The van der Waals surface area contributed by atoms with Crippen molar-refractivity contribution in [1.29, 1.82) is 0 Å². The van der Waals surface area contributed by atoms with Crippen LogP contribution in [-0.2, 0) is 0 Å². The number of aliphatic hydroxyl groups is 4. The van der Waals surface area contributed by atoms with Gasteiger partial charge in [0, 0.05) is 12.6 Å². The molecule has 1 saturated heterocycles. The molecule has 1 aliphatic carbocycles. The highest BCUT2D eigenvalue weighted by Gasteiger charge is 2.40. The van der Waals surface area contributed by atoms with Crippen LogP contribution in [0.1, 0.15) is 64.7 Å². The van der Waals surface area contributed by atoms with Crippen molar-refractivity contribution in [2.24, 2.45) is 0 Å². The number of rotatable bonds is 6. The molecule has 1 saturated carbocycles. The van der Waals surface area contributed by atoms with E-state index in [2.05, 4.69) is 4.90 Å². The standard InChI is InChI=1S/C17H33NO4/c1-2-13-15(20)16(21)14(19)12-18(13)11-7-6-10-17(22)8-4-3-5-9-17/h13-16,19-22H,2-12H2,1H3/t13-,14+,15-,16-/m1/s1. The van der Waals surface area contributed by atoms with Crippen molar-refractivity contribution in [3.63, 3.8) is 0 Å². The highest BCUT2D eigenvalue weighted by Crippen LogP contribution is 2.32. The lowest BCUT2D eigenvalue weighted by Crippen LogP contribution is -2.61. The van der Waals surface area contributed by atoms with Crippen LogP contribution in [0.2, 0.25) is 0 Å². The molecule has 1 aliphatic heterocycles. The van der Waals surface area contributed by atoms with Crippen LogP contribution in [0.3, 0.4) is 0 Å². The van der Waals surface area contributed by atoms with Crippen LogP contribution < -0.4 is 0 Å². The number of likely N-dealkylation sites (tertiary alicyclic amines) is 1. The van der Waals surface area contributed by atoms with Gasteiger partial charge >= 0.3 is 0 Å². The smallest absolute Gasteiger partial charge is 0.108 e. The molecule has 1 heterocycles. The second-order valence-corrected chi connectivity index (χ2v) is 7.26. The molecule has 4 N–H and O–H groups in total. The van der Waals surface area contributed by atoms with E-state index in [9.17, 15) is 20.4 Å². The van der Waals surface area contributed by atoms with Crippen LogP contribution in [0.25, 0.3) is 0 Å². The van der Waals surface area contributed by atoms with Crippen LogP contribution in [0, 0.1) is 0 Å². The summed E-state index contributed by atoms with van der Waals surface area (Å²) in [7, 11) is 0. The molecule has 2 rings (SSSR count). The van der Waals surface area contributed by atoms with Crippen LogP contribution in [0.4, 0.5) is 0 Å². The van der Waals surface area contributed by atoms with Gasteiger partial charge in [0.05, 0.1) is 17.8 Å². The number of hydrogen-bond donors (Lipinski definition) is 4. The zero-order valence-corrected chi connectivity index (χ0v) is 13.8. The fourth-order valence-corrected chi connectivity index (χ4v) is 4.14. The third kappa shape index (κ3) is 4.42. The topological polar surface area (TPSA) is 84.2 Å². The van der Waals surface area contributed by atoms with Crippen LogP contribution in [0.5, 0.6) is 0 Å². The zero-order valence-electron chi connectivity index (χ0n) is 13.8. The van der Waals surface area contributed by atoms with E-state index >= 15 is 0 Å². The Morgan fingerprint density at radius 2 is 1.68 bits per heavy atom. The second kappa shape index (κ2) is 8.06. The number of hydrogen-bond acceptors (Lipinski definition) is 5. The van der Waals surface area contributed by atoms with Gasteiger partial charge in [-0.05, 0) is 45.1 Å². The van der Waals surface area contributed by atoms with E-state index < -0.39 is 23.9 Å². The maximum atomic E-state index is 10.5. The Labute approximate surface area is 134 Å². The molecule has 5 heteroatoms. The van der Waals surface area contributed by atoms with Crippen molar-refractivity contribution < 1.29 is 20.4 Å². The number of aliphatic hydroxyl groups excluding tert-OH is 3. The average Bonchev–Trinajstić information content (AvgIpc) is 2.50. The molecule has 0 aromatic carbocycles. The lowest BCUT2D eigenvalue weighted by molar-refractivity contribution is -0.137. The van der Waals surface area contributed by atoms with Crippen molar-refractivity contribution in [2.75, 3.05) is 13.1 Å². The first-order valence-corrected chi connectivity index (χ1v) is 8.97. The first kappa shape index (κ1) is 18.1. The molecular formula is C17H33NO4. The van der Waals surface area contributed by atoms with Crippen molar-refractivity contribution in [3.05, 3.63) is 0 Å². The Morgan fingerprint density at radius 3 is 2.32 bits per heavy atom. The summed E-state index contributed by atoms with van der Waals surface area (Å²) >= 11 is 0. The molecular weight excluding hydrogens is 282 g/mol. The van der Waals surface area contributed by atoms with Gasteiger partial charge < -0.3 is 20.4 Å². The largest absolute Gasteiger partial charge is 0.390 e. The van der Waals surface area contributed by atoms with Gasteiger partial charge in [-0.3, -0.25) is 4.90 Å². The summed E-state index contributed by atoms with van der Waals surface area (Å²) in [4.78, 5) is 2.09. The quantitative estimate of drug-likeness (QED) is 0.550. The molecule has 0 spiro atoms. The van der Waals surface area contributed by atoms with Gasteiger partial charge in [-0.25, -0.2) is 0 Å². The van der Waals surface area contributed by atoms with Gasteiger partial charge in [0.1, 0.15) is 6.10 Å². The normalized spacial score (nSPS) is 36.4. The van der Waals surface area contributed by atoms with Gasteiger partial charge in [-0.2, -0.15) is 0 Å². The van der Waals surface area contributed by atoms with E-state index in [4.69, 9.17) is 0 Å². The molecule has 5 nitrogen and oxygen atoms in total. The fraction of sp³-hybridized carbons (Fsp3) is 1.00. The molecule has 0 bridgehead atoms. The highest BCUT2D eigenvalue weighted by atomic mass is 16.4. The van der Waals surface area contributed by atoms with Crippen molar-refractivity contribution in [2.45, 2.75) is 94.7 Å². The Bertz CT molecular complexity index is 333. The number of nitrogens with zero attached hydrogens (tertiary/aromatic N) is 1. The third-order valence-corrected chi connectivity index (χ3v) is 5.57. The summed E-state index contributed by atoms with van der Waals surface area (Å²) in [5.41, 5.74) is -0.459. The second-order valence-electron chi connectivity index (χ2n) is 7.26. The molecule has 22 heavy (non-hydrogen) atoms. The highest BCUT2D eigenvalue weighted by molar-refractivity contribution is 4.93. The molecule has 0 radical (unpaired) electrons. The molecule has 2 fully saturated rings. The first-order valence-electron chi connectivity index (χ1n) is 8.97. The first-order chi connectivity index (χ1) is 10.5. The average molecular weight is 315 g/mol. The zero-order chi connectivity index (χ0) is 16.2. The molecule has 0 aromatic rings. The minimum atomic E-state index is -1.04. The molecule has 0 unspecified atom stereocenters. The van der Waals surface area contributed by atoms with Crippen LogP contribution in [-0.4, -0.2) is 68.4 Å². The molecule has 4 atom stereocenters. The summed E-state index contributed by atoms with van der Waals surface area (Å²) < 4.78 is 0. The van der Waals surface area contributed by atoms with Crippen molar-refractivity contribution >= 4 is 0 Å². The summed E-state index contributed by atoms with van der Waals surface area (Å²) in [5.74, 6) is 0. The van der Waals surface area contributed by atoms with Crippen molar-refractivity contribution in [1.82, 2.24) is 4.90 Å². The van der Waals surface area contributed by atoms with E-state index in [1.807, 2.05) is 6.92 Å². The van der Waals surface area contributed by atoms with Gasteiger partial charge in [-0.1, -0.05) is 26.2 Å². The Kier molecular flexibility index (Phi) is 6.65. The summed E-state index contributed by atoms with van der Waals surface area (Å²) in [6.45, 7) is 3.21. The van der Waals surface area contributed by atoms with Gasteiger partial charge in [0.15, 0.2) is 0 Å². The van der Waals surface area contributed by atoms with E-state index in [-0.39, 0.29) is 6.04 Å². The lowest BCUT2D eigenvalue weighted by Gasteiger charge is -2.43. The minimum absolute atomic E-state index is 0.0869. The summed E-state index contributed by atoms with van der Waals surface area (Å²) in [5, 5.41) is 40.2. The van der Waals surface area contributed by atoms with E-state index in [1.54, 1.807) is 0 Å². The lowest BCUT2D eigenvalue weighted by atomic mass is 9.81. The Balaban J connectivity index is 1.75. The molecule has 0 amide bonds. The number of piperidine rings is 1. The Morgan fingerprint density at radius 1 is 1.00 bits per heavy atom. The van der Waals surface area contributed by atoms with Gasteiger partial charge in [0.2, 0.25) is 0 Å². The van der Waals surface area contributed by atoms with Crippen LogP contribution in [0.15, 0.2) is 0 Å². The maximum absolute atomic E-state index is 10.5. The minimum Gasteiger partial charge on any atom is -0.390 e. The summed E-state index contributed by atoms with van der Waals surface area (Å²) in [6, 6.07) is -0.0869. The molecule has 2 aliphatic rings. The van der Waals surface area contributed by atoms with E-state index in [1.165, 1.54) is 6.42 Å². The van der Waals surface area contributed by atoms with E-state index in [0.717, 1.165) is 57.9 Å². The van der Waals surface area contributed by atoms with E-state index in [0.29, 0.717) is 6.54 Å². The fourth-order valence-electron chi connectivity index (χ4n) is 4.14. The van der Waals surface area contributed by atoms with Crippen LogP contribution >= 0.6 is 0 Å². The predicted molar refractivity (Wildman–Crippen MR) is 85.6 cm³/mol. The third-order valence-electron chi connectivity index (χ3n) is 5.57. The Hall–Kier alpha value is -0.200. The molecule has 130 valence electrons. The molecule has 0 aromatic heterocycles. The number of unbranched alkanes of at least 4 members (excludes halogenated alkanes) is 1. The van der Waals surface area contributed by atoms with Crippen molar-refractivity contribution in [3.8, 4) is 0 Å². The van der Waals surface area contributed by atoms with Gasteiger partial charge in [-0.15, -0.1) is 0 Å². The maximum Gasteiger partial charge on any atom is 0.108 e. The summed E-state index contributed by atoms with van der Waals surface area (Å²) in [6.07, 6.45) is 6.11. The number of β-amino-alcohol motifs (C(OH)–C–C–N with tert-alkyl or cyclic N) is 1. The monoisotopic (exact) mass is 315 g/mol. The SMILES string of the molecule is CC[C@@H]1[C@@H](O)[C@H](O)[C@@H](O)CN1CCCCC1(O)CCCCC1.